The minimum atomic E-state index is -0.260. The van der Waals surface area contributed by atoms with Crippen LogP contribution in [-0.4, -0.2) is 25.9 Å². The van der Waals surface area contributed by atoms with Crippen LogP contribution in [0.1, 0.15) is 18.7 Å². The molecule has 3 aromatic rings. The zero-order valence-corrected chi connectivity index (χ0v) is 15.1. The Morgan fingerprint density at radius 1 is 1.42 bits per heavy atom. The summed E-state index contributed by atoms with van der Waals surface area (Å²) in [5.74, 6) is 1.33. The maximum atomic E-state index is 12.3. The quantitative estimate of drug-likeness (QED) is 0.652. The molecule has 126 valence electrons. The number of hydrogen-bond donors (Lipinski definition) is 1. The van der Waals surface area contributed by atoms with Gasteiger partial charge in [-0.2, -0.15) is 0 Å². The molecular formula is C16H18N4O2S2. The van der Waals surface area contributed by atoms with Gasteiger partial charge in [-0.25, -0.2) is 0 Å². The number of thiophene rings is 1. The molecule has 0 bridgehead atoms. The highest BCUT2D eigenvalue weighted by Gasteiger charge is 2.21. The fourth-order valence-electron chi connectivity index (χ4n) is 2.19. The standard InChI is InChI=1S/C16H18N4O2S2/c1-3-20-14(13-7-4-8-22-13)18-19-16(20)24-11(2)15(21)17-10-12-6-5-9-23-12/h4-9,11H,3,10H2,1-2H3,(H,17,21). The Bertz CT molecular complexity index is 781. The first-order valence-corrected chi connectivity index (χ1v) is 9.38. The summed E-state index contributed by atoms with van der Waals surface area (Å²) in [6, 6.07) is 7.65. The highest BCUT2D eigenvalue weighted by atomic mass is 32.2. The molecule has 0 saturated heterocycles. The third-order valence-electron chi connectivity index (χ3n) is 3.44. The predicted molar refractivity (Wildman–Crippen MR) is 94.9 cm³/mol. The molecule has 3 rings (SSSR count). The van der Waals surface area contributed by atoms with E-state index >= 15 is 0 Å². The van der Waals surface area contributed by atoms with Crippen LogP contribution in [0, 0.1) is 0 Å². The summed E-state index contributed by atoms with van der Waals surface area (Å²) in [4.78, 5) is 13.4. The number of thioether (sulfide) groups is 1. The number of furan rings is 1. The number of rotatable bonds is 7. The lowest BCUT2D eigenvalue weighted by Gasteiger charge is -2.12. The molecule has 0 aliphatic rings. The summed E-state index contributed by atoms with van der Waals surface area (Å²) in [6.45, 7) is 5.14. The molecule has 0 radical (unpaired) electrons. The molecule has 0 aliphatic carbocycles. The molecule has 0 spiro atoms. The minimum absolute atomic E-state index is 0.0152. The van der Waals surface area contributed by atoms with Crippen LogP contribution in [0.15, 0.2) is 45.5 Å². The second-order valence-corrected chi connectivity index (χ2v) is 7.43. The molecule has 6 nitrogen and oxygen atoms in total. The minimum Gasteiger partial charge on any atom is -0.461 e. The summed E-state index contributed by atoms with van der Waals surface area (Å²) in [6.07, 6.45) is 1.61. The highest BCUT2D eigenvalue weighted by molar-refractivity contribution is 8.00. The Morgan fingerprint density at radius 2 is 2.29 bits per heavy atom. The van der Waals surface area contributed by atoms with Crippen molar-refractivity contribution < 1.29 is 9.21 Å². The normalized spacial score (nSPS) is 12.2. The number of aromatic nitrogens is 3. The van der Waals surface area contributed by atoms with E-state index in [2.05, 4.69) is 15.5 Å². The van der Waals surface area contributed by atoms with Gasteiger partial charge in [-0.1, -0.05) is 17.8 Å². The lowest BCUT2D eigenvalue weighted by Crippen LogP contribution is -2.30. The smallest absolute Gasteiger partial charge is 0.233 e. The highest BCUT2D eigenvalue weighted by Crippen LogP contribution is 2.27. The van der Waals surface area contributed by atoms with Crippen molar-refractivity contribution in [3.63, 3.8) is 0 Å². The predicted octanol–water partition coefficient (Wildman–Crippen LogP) is 3.42. The monoisotopic (exact) mass is 362 g/mol. The van der Waals surface area contributed by atoms with Crippen molar-refractivity contribution in [2.75, 3.05) is 0 Å². The molecule has 3 aromatic heterocycles. The van der Waals surface area contributed by atoms with Gasteiger partial charge in [-0.15, -0.1) is 21.5 Å². The van der Waals surface area contributed by atoms with Crippen LogP contribution in [0.5, 0.6) is 0 Å². The first-order chi connectivity index (χ1) is 11.7. The maximum absolute atomic E-state index is 12.3. The van der Waals surface area contributed by atoms with Crippen LogP contribution in [0.2, 0.25) is 0 Å². The Hall–Kier alpha value is -2.06. The van der Waals surface area contributed by atoms with Crippen LogP contribution in [0.3, 0.4) is 0 Å². The molecule has 0 fully saturated rings. The summed E-state index contributed by atoms with van der Waals surface area (Å²) < 4.78 is 7.35. The van der Waals surface area contributed by atoms with Crippen LogP contribution in [-0.2, 0) is 17.9 Å². The SMILES string of the molecule is CCn1c(SC(C)C(=O)NCc2cccs2)nnc1-c1ccco1. The first-order valence-electron chi connectivity index (χ1n) is 7.63. The Morgan fingerprint density at radius 3 is 2.96 bits per heavy atom. The van der Waals surface area contributed by atoms with Crippen molar-refractivity contribution >= 4 is 29.0 Å². The Labute approximate surface area is 148 Å². The average Bonchev–Trinajstić information content (AvgIpc) is 3.32. The van der Waals surface area contributed by atoms with E-state index in [9.17, 15) is 4.79 Å². The van der Waals surface area contributed by atoms with E-state index in [1.54, 1.807) is 17.6 Å². The summed E-state index contributed by atoms with van der Waals surface area (Å²) >= 11 is 3.03. The molecule has 1 unspecified atom stereocenters. The Balaban J connectivity index is 1.65. The zero-order valence-electron chi connectivity index (χ0n) is 13.4. The molecule has 1 atom stereocenters. The second kappa shape index (κ2) is 7.67. The van der Waals surface area contributed by atoms with E-state index in [4.69, 9.17) is 4.42 Å². The topological polar surface area (TPSA) is 73.0 Å². The van der Waals surface area contributed by atoms with E-state index < -0.39 is 0 Å². The van der Waals surface area contributed by atoms with Gasteiger partial charge in [0.2, 0.25) is 5.91 Å². The summed E-state index contributed by atoms with van der Waals surface area (Å²) in [7, 11) is 0. The van der Waals surface area contributed by atoms with Crippen molar-refractivity contribution in [2.24, 2.45) is 0 Å². The lowest BCUT2D eigenvalue weighted by atomic mass is 10.4. The second-order valence-electron chi connectivity index (χ2n) is 5.08. The van der Waals surface area contributed by atoms with Crippen molar-refractivity contribution in [2.45, 2.75) is 37.3 Å². The van der Waals surface area contributed by atoms with Crippen molar-refractivity contribution in [3.05, 3.63) is 40.8 Å². The fraction of sp³-hybridized carbons (Fsp3) is 0.312. The van der Waals surface area contributed by atoms with Gasteiger partial charge in [0, 0.05) is 11.4 Å². The molecule has 3 heterocycles. The molecule has 0 aromatic carbocycles. The lowest BCUT2D eigenvalue weighted by molar-refractivity contribution is -0.120. The van der Waals surface area contributed by atoms with Gasteiger partial charge in [0.15, 0.2) is 16.7 Å². The molecule has 1 amide bonds. The Kier molecular flexibility index (Phi) is 5.37. The number of carbonyl (C=O) groups excluding carboxylic acids is 1. The number of amides is 1. The van der Waals surface area contributed by atoms with Crippen LogP contribution >= 0.6 is 23.1 Å². The summed E-state index contributed by atoms with van der Waals surface area (Å²) in [5.41, 5.74) is 0. The van der Waals surface area contributed by atoms with E-state index in [-0.39, 0.29) is 11.2 Å². The maximum Gasteiger partial charge on any atom is 0.233 e. The van der Waals surface area contributed by atoms with Gasteiger partial charge in [0.25, 0.3) is 0 Å². The van der Waals surface area contributed by atoms with Gasteiger partial charge >= 0.3 is 0 Å². The molecule has 0 aliphatic heterocycles. The summed E-state index contributed by atoms with van der Waals surface area (Å²) in [5, 5.41) is 13.8. The zero-order chi connectivity index (χ0) is 16.9. The van der Waals surface area contributed by atoms with Crippen molar-refractivity contribution in [1.29, 1.82) is 0 Å². The van der Waals surface area contributed by atoms with E-state index in [1.807, 2.05) is 48.1 Å². The molecule has 8 heteroatoms. The van der Waals surface area contributed by atoms with Gasteiger partial charge < -0.3 is 9.73 Å². The van der Waals surface area contributed by atoms with E-state index in [1.165, 1.54) is 11.8 Å². The van der Waals surface area contributed by atoms with Crippen LogP contribution in [0.4, 0.5) is 0 Å². The first kappa shape index (κ1) is 16.8. The number of hydrogen-bond acceptors (Lipinski definition) is 6. The van der Waals surface area contributed by atoms with Crippen LogP contribution < -0.4 is 5.32 Å². The third kappa shape index (κ3) is 3.70. The number of nitrogens with one attached hydrogen (secondary N) is 1. The van der Waals surface area contributed by atoms with Crippen molar-refractivity contribution in [1.82, 2.24) is 20.1 Å². The number of nitrogens with zero attached hydrogens (tertiary/aromatic N) is 3. The fourth-order valence-corrected chi connectivity index (χ4v) is 3.77. The van der Waals surface area contributed by atoms with Crippen LogP contribution in [0.25, 0.3) is 11.6 Å². The van der Waals surface area contributed by atoms with Crippen molar-refractivity contribution in [3.8, 4) is 11.6 Å². The number of carbonyl (C=O) groups is 1. The van der Waals surface area contributed by atoms with Gasteiger partial charge in [-0.05, 0) is 37.4 Å². The van der Waals surface area contributed by atoms with E-state index in [0.29, 0.717) is 29.8 Å². The largest absolute Gasteiger partial charge is 0.461 e. The third-order valence-corrected chi connectivity index (χ3v) is 5.40. The average molecular weight is 362 g/mol. The van der Waals surface area contributed by atoms with E-state index in [0.717, 1.165) is 4.88 Å². The molecule has 1 N–H and O–H groups in total. The molecular weight excluding hydrogens is 344 g/mol. The van der Waals surface area contributed by atoms with Gasteiger partial charge in [0.1, 0.15) is 0 Å². The van der Waals surface area contributed by atoms with Gasteiger partial charge in [-0.3, -0.25) is 9.36 Å². The van der Waals surface area contributed by atoms with Gasteiger partial charge in [0.05, 0.1) is 18.1 Å². The molecule has 24 heavy (non-hydrogen) atoms. The molecule has 0 saturated carbocycles.